The van der Waals surface area contributed by atoms with E-state index in [0.717, 1.165) is 25.6 Å². The van der Waals surface area contributed by atoms with Crippen LogP contribution in [0.1, 0.15) is 16.7 Å². The highest BCUT2D eigenvalue weighted by Crippen LogP contribution is 2.35. The van der Waals surface area contributed by atoms with Crippen molar-refractivity contribution in [1.29, 1.82) is 0 Å². The van der Waals surface area contributed by atoms with Crippen LogP contribution in [0, 0.1) is 20.8 Å². The van der Waals surface area contributed by atoms with E-state index in [-0.39, 0.29) is 19.6 Å². The molecule has 0 radical (unpaired) electrons. The van der Waals surface area contributed by atoms with Crippen LogP contribution in [0.5, 0.6) is 46.0 Å². The number of hydrogen-bond donors (Lipinski definition) is 0. The largest absolute Gasteiger partial charge is 0.457 e. The molecule has 0 heterocycles. The van der Waals surface area contributed by atoms with Gasteiger partial charge in [-0.3, -0.25) is 0 Å². The van der Waals surface area contributed by atoms with Crippen LogP contribution in [-0.2, 0) is 19.7 Å². The summed E-state index contributed by atoms with van der Waals surface area (Å²) in [6.07, 6.45) is 0. The van der Waals surface area contributed by atoms with E-state index in [4.69, 9.17) is 18.9 Å². The molecule has 7 rings (SSSR count). The van der Waals surface area contributed by atoms with Gasteiger partial charge in [0.1, 0.15) is 46.0 Å². The second-order valence-electron chi connectivity index (χ2n) is 13.1. The van der Waals surface area contributed by atoms with Crippen LogP contribution in [-0.4, -0.2) is 16.8 Å². The van der Waals surface area contributed by atoms with Gasteiger partial charge in [-0.1, -0.05) is 37.9 Å². The summed E-state index contributed by atoms with van der Waals surface area (Å²) in [5.74, 6) is 4.18. The predicted molar refractivity (Wildman–Crippen MR) is 226 cm³/mol. The summed E-state index contributed by atoms with van der Waals surface area (Å²) in [4.78, 5) is 0.494. The average molecular weight is 927 g/mol. The quantitative estimate of drug-likeness (QED) is 0.119. The first-order valence-corrected chi connectivity index (χ1v) is 22.0. The van der Waals surface area contributed by atoms with E-state index in [0.29, 0.717) is 46.0 Å². The van der Waals surface area contributed by atoms with E-state index in [1.807, 2.05) is 69.3 Å². The zero-order chi connectivity index (χ0) is 40.3. The van der Waals surface area contributed by atoms with E-state index in [1.165, 1.54) is 48.5 Å². The molecule has 7 aromatic carbocycles. The normalized spacial score (nSPS) is 11.5. The molecule has 0 saturated heterocycles. The van der Waals surface area contributed by atoms with Gasteiger partial charge in [0.25, 0.3) is 0 Å². The number of halogens is 2. The van der Waals surface area contributed by atoms with Gasteiger partial charge in [-0.15, -0.1) is 0 Å². The summed E-state index contributed by atoms with van der Waals surface area (Å²) >= 11 is 6.93. The van der Waals surface area contributed by atoms with Gasteiger partial charge in [-0.2, -0.15) is 0 Å². The summed E-state index contributed by atoms with van der Waals surface area (Å²) in [5, 5.41) is 0. The van der Waals surface area contributed by atoms with Crippen molar-refractivity contribution in [3.8, 4) is 46.0 Å². The molecule has 288 valence electrons. The van der Waals surface area contributed by atoms with Crippen molar-refractivity contribution in [3.05, 3.63) is 177 Å². The second-order valence-corrected chi connectivity index (χ2v) is 18.7. The molecule has 0 amide bonds. The lowest BCUT2D eigenvalue weighted by Gasteiger charge is -2.12. The van der Waals surface area contributed by atoms with Gasteiger partial charge in [0.15, 0.2) is 0 Å². The van der Waals surface area contributed by atoms with Gasteiger partial charge in [-0.25, -0.2) is 16.8 Å². The van der Waals surface area contributed by atoms with Gasteiger partial charge in [0, 0.05) is 20.6 Å². The molecule has 12 heteroatoms. The Morgan fingerprint density at radius 1 is 0.404 bits per heavy atom. The van der Waals surface area contributed by atoms with Crippen molar-refractivity contribution < 1.29 is 35.8 Å². The van der Waals surface area contributed by atoms with Gasteiger partial charge < -0.3 is 18.9 Å². The summed E-state index contributed by atoms with van der Waals surface area (Å²) in [7, 11) is -7.61. The van der Waals surface area contributed by atoms with Gasteiger partial charge in [0.05, 0.1) is 19.6 Å². The molecule has 0 aliphatic carbocycles. The van der Waals surface area contributed by atoms with Gasteiger partial charge in [-0.05, 0) is 171 Å². The van der Waals surface area contributed by atoms with Crippen LogP contribution in [0.15, 0.2) is 180 Å². The molecule has 0 N–H and O–H groups in total. The van der Waals surface area contributed by atoms with Crippen LogP contribution in [0.25, 0.3) is 0 Å². The molecule has 0 fully saturated rings. The van der Waals surface area contributed by atoms with Crippen molar-refractivity contribution >= 4 is 51.5 Å². The van der Waals surface area contributed by atoms with Crippen molar-refractivity contribution in [3.63, 3.8) is 0 Å². The van der Waals surface area contributed by atoms with Gasteiger partial charge >= 0.3 is 0 Å². The molecule has 8 nitrogen and oxygen atoms in total. The summed E-state index contributed by atoms with van der Waals surface area (Å²) in [5.41, 5.74) is 2.73. The molecular formula is C45H34Br2O8S2. The zero-order valence-electron chi connectivity index (χ0n) is 30.8. The predicted octanol–water partition coefficient (Wildman–Crippen LogP) is 13.0. The summed E-state index contributed by atoms with van der Waals surface area (Å²) in [6.45, 7) is 5.75. The maximum absolute atomic E-state index is 13.4. The summed E-state index contributed by atoms with van der Waals surface area (Å²) in [6, 6.07) is 41.6. The van der Waals surface area contributed by atoms with Crippen molar-refractivity contribution in [1.82, 2.24) is 0 Å². The zero-order valence-corrected chi connectivity index (χ0v) is 35.6. The third-order valence-electron chi connectivity index (χ3n) is 8.84. The topological polar surface area (TPSA) is 105 Å². The first kappa shape index (κ1) is 39.8. The molecule has 0 unspecified atom stereocenters. The standard InChI is InChI=1S/C45H34Br2O8S2/c1-29-25-37(52-33-8-16-39(17-9-33)56(48,49)41-20-12-35(13-21-41)54-44-24-7-32(46)27-30(44)2)28-38(26-29)53-34-10-18-40(19-11-34)57(50,51)42-22-14-36(15-23-42)55-45-6-4-5-43(47)31(45)3/h4-28H,1-3H3. The highest BCUT2D eigenvalue weighted by molar-refractivity contribution is 9.10. The first-order valence-electron chi connectivity index (χ1n) is 17.5. The average Bonchev–Trinajstić information content (AvgIpc) is 3.18. The highest BCUT2D eigenvalue weighted by atomic mass is 79.9. The lowest BCUT2D eigenvalue weighted by atomic mass is 10.2. The number of ether oxygens (including phenoxy) is 4. The van der Waals surface area contributed by atoms with Crippen molar-refractivity contribution in [2.45, 2.75) is 40.4 Å². The van der Waals surface area contributed by atoms with Crippen molar-refractivity contribution in [2.24, 2.45) is 0 Å². The van der Waals surface area contributed by atoms with E-state index in [1.54, 1.807) is 54.6 Å². The summed E-state index contributed by atoms with van der Waals surface area (Å²) < 4.78 is 79.6. The minimum atomic E-state index is -3.81. The Balaban J connectivity index is 0.985. The Bertz CT molecular complexity index is 2790. The second kappa shape index (κ2) is 16.6. The molecule has 0 spiro atoms. The monoisotopic (exact) mass is 924 g/mol. The number of hydrogen-bond acceptors (Lipinski definition) is 8. The SMILES string of the molecule is Cc1cc(Oc2ccc(S(=O)(=O)c3ccc(Oc4ccc(Br)cc4C)cc3)cc2)cc(Oc2ccc(S(=O)(=O)c3ccc(Oc4cccc(Br)c4C)cc3)cc2)c1. The number of rotatable bonds is 12. The third-order valence-corrected chi connectivity index (χ3v) is 13.8. The number of benzene rings is 7. The Labute approximate surface area is 348 Å². The van der Waals surface area contributed by atoms with Crippen LogP contribution in [0.4, 0.5) is 0 Å². The van der Waals surface area contributed by atoms with E-state index < -0.39 is 19.7 Å². The van der Waals surface area contributed by atoms with E-state index >= 15 is 0 Å². The molecule has 0 aliphatic rings. The molecule has 0 aliphatic heterocycles. The van der Waals surface area contributed by atoms with Gasteiger partial charge in [0.2, 0.25) is 19.7 Å². The first-order chi connectivity index (χ1) is 27.2. The Morgan fingerprint density at radius 3 is 1.23 bits per heavy atom. The maximum atomic E-state index is 13.4. The van der Waals surface area contributed by atoms with Crippen LogP contribution >= 0.6 is 31.9 Å². The molecule has 0 atom stereocenters. The number of aryl methyl sites for hydroxylation is 2. The molecular weight excluding hydrogens is 892 g/mol. The number of sulfone groups is 2. The highest BCUT2D eigenvalue weighted by Gasteiger charge is 2.20. The van der Waals surface area contributed by atoms with E-state index in [2.05, 4.69) is 31.9 Å². The Morgan fingerprint density at radius 2 is 0.807 bits per heavy atom. The molecule has 0 bridgehead atoms. The Hall–Kier alpha value is -5.40. The van der Waals surface area contributed by atoms with Crippen LogP contribution in [0.3, 0.4) is 0 Å². The fourth-order valence-corrected chi connectivity index (χ4v) is 9.15. The lowest BCUT2D eigenvalue weighted by molar-refractivity contribution is 0.459. The molecule has 0 saturated carbocycles. The fraction of sp³-hybridized carbons (Fsp3) is 0.0667. The molecule has 57 heavy (non-hydrogen) atoms. The van der Waals surface area contributed by atoms with E-state index in [9.17, 15) is 16.8 Å². The smallest absolute Gasteiger partial charge is 0.206 e. The van der Waals surface area contributed by atoms with Crippen LogP contribution < -0.4 is 18.9 Å². The lowest BCUT2D eigenvalue weighted by Crippen LogP contribution is -2.02. The Kier molecular flexibility index (Phi) is 11.6. The fourth-order valence-electron chi connectivity index (χ4n) is 5.80. The van der Waals surface area contributed by atoms with Crippen molar-refractivity contribution in [2.75, 3.05) is 0 Å². The molecule has 0 aromatic heterocycles. The third kappa shape index (κ3) is 9.26. The molecule has 7 aromatic rings. The van der Waals surface area contributed by atoms with Crippen LogP contribution in [0.2, 0.25) is 0 Å². The minimum absolute atomic E-state index is 0.114. The minimum Gasteiger partial charge on any atom is -0.457 e. The maximum Gasteiger partial charge on any atom is 0.206 e.